The summed E-state index contributed by atoms with van der Waals surface area (Å²) in [6.45, 7) is 2.28. The SMILES string of the molecule is CCCCCCCCCCCCCCCc1cccc(C=O)c1. The summed E-state index contributed by atoms with van der Waals surface area (Å²) in [5.41, 5.74) is 2.11. The van der Waals surface area contributed by atoms with E-state index in [9.17, 15) is 4.79 Å². The molecule has 130 valence electrons. The van der Waals surface area contributed by atoms with E-state index < -0.39 is 0 Å². The molecule has 0 amide bonds. The van der Waals surface area contributed by atoms with Crippen LogP contribution in [0.4, 0.5) is 0 Å². The molecule has 0 aromatic heterocycles. The molecule has 0 atom stereocenters. The minimum atomic E-state index is 0.803. The van der Waals surface area contributed by atoms with Gasteiger partial charge in [0.1, 0.15) is 6.29 Å². The Morgan fingerprint density at radius 1 is 0.739 bits per heavy atom. The maximum absolute atomic E-state index is 10.7. The zero-order valence-corrected chi connectivity index (χ0v) is 15.2. The number of hydrogen-bond donors (Lipinski definition) is 0. The molecular weight excluding hydrogens is 280 g/mol. The van der Waals surface area contributed by atoms with Crippen molar-refractivity contribution in [3.05, 3.63) is 35.4 Å². The Hall–Kier alpha value is -1.11. The van der Waals surface area contributed by atoms with E-state index >= 15 is 0 Å². The van der Waals surface area contributed by atoms with Crippen molar-refractivity contribution in [1.82, 2.24) is 0 Å². The van der Waals surface area contributed by atoms with Crippen LogP contribution in [0, 0.1) is 0 Å². The summed E-state index contributed by atoms with van der Waals surface area (Å²) in [6, 6.07) is 8.02. The van der Waals surface area contributed by atoms with Crippen LogP contribution in [-0.4, -0.2) is 6.29 Å². The molecule has 0 N–H and O–H groups in total. The van der Waals surface area contributed by atoms with Gasteiger partial charge < -0.3 is 0 Å². The van der Waals surface area contributed by atoms with Gasteiger partial charge in [0.25, 0.3) is 0 Å². The number of rotatable bonds is 15. The highest BCUT2D eigenvalue weighted by Gasteiger charge is 1.97. The lowest BCUT2D eigenvalue weighted by molar-refractivity contribution is 0.112. The van der Waals surface area contributed by atoms with Gasteiger partial charge in [0.05, 0.1) is 0 Å². The van der Waals surface area contributed by atoms with Gasteiger partial charge in [-0.05, 0) is 24.5 Å². The first-order valence-corrected chi connectivity index (χ1v) is 9.91. The average molecular weight is 317 g/mol. The summed E-state index contributed by atoms with van der Waals surface area (Å²) < 4.78 is 0. The first-order valence-electron chi connectivity index (χ1n) is 9.91. The van der Waals surface area contributed by atoms with Crippen LogP contribution in [0.5, 0.6) is 0 Å². The Balaban J connectivity index is 1.85. The minimum Gasteiger partial charge on any atom is -0.298 e. The van der Waals surface area contributed by atoms with Gasteiger partial charge in [-0.3, -0.25) is 4.79 Å². The second-order valence-electron chi connectivity index (χ2n) is 6.86. The predicted octanol–water partition coefficient (Wildman–Crippen LogP) is 7.13. The molecule has 0 heterocycles. The first-order chi connectivity index (χ1) is 11.4. The average Bonchev–Trinajstić information content (AvgIpc) is 2.59. The van der Waals surface area contributed by atoms with Crippen molar-refractivity contribution < 1.29 is 4.79 Å². The van der Waals surface area contributed by atoms with Crippen LogP contribution in [0.1, 0.15) is 106 Å². The fraction of sp³-hybridized carbons (Fsp3) is 0.682. The van der Waals surface area contributed by atoms with Gasteiger partial charge in [-0.25, -0.2) is 0 Å². The van der Waals surface area contributed by atoms with Crippen LogP contribution in [0.3, 0.4) is 0 Å². The molecule has 1 aromatic carbocycles. The van der Waals surface area contributed by atoms with Gasteiger partial charge in [-0.1, -0.05) is 102 Å². The molecule has 0 bridgehead atoms. The minimum absolute atomic E-state index is 0.803. The van der Waals surface area contributed by atoms with Crippen molar-refractivity contribution in [2.45, 2.75) is 96.8 Å². The Bertz CT molecular complexity index is 397. The molecule has 0 saturated heterocycles. The molecule has 0 spiro atoms. The smallest absolute Gasteiger partial charge is 0.150 e. The highest BCUT2D eigenvalue weighted by Crippen LogP contribution is 2.14. The third-order valence-electron chi connectivity index (χ3n) is 4.66. The van der Waals surface area contributed by atoms with Gasteiger partial charge >= 0.3 is 0 Å². The lowest BCUT2D eigenvalue weighted by atomic mass is 10.0. The van der Waals surface area contributed by atoms with Crippen molar-refractivity contribution in [3.63, 3.8) is 0 Å². The number of hydrogen-bond acceptors (Lipinski definition) is 1. The summed E-state index contributed by atoms with van der Waals surface area (Å²) in [4.78, 5) is 10.7. The van der Waals surface area contributed by atoms with Crippen molar-refractivity contribution in [2.75, 3.05) is 0 Å². The van der Waals surface area contributed by atoms with Gasteiger partial charge in [-0.2, -0.15) is 0 Å². The van der Waals surface area contributed by atoms with Crippen molar-refractivity contribution in [1.29, 1.82) is 0 Å². The van der Waals surface area contributed by atoms with Crippen LogP contribution in [0.2, 0.25) is 0 Å². The van der Waals surface area contributed by atoms with E-state index in [0.29, 0.717) is 0 Å². The summed E-state index contributed by atoms with van der Waals surface area (Å²) in [6.07, 6.45) is 20.2. The summed E-state index contributed by atoms with van der Waals surface area (Å²) in [5.74, 6) is 0. The molecule has 1 rings (SSSR count). The number of carbonyl (C=O) groups excluding carboxylic acids is 1. The predicted molar refractivity (Wildman–Crippen MR) is 101 cm³/mol. The van der Waals surface area contributed by atoms with Crippen LogP contribution >= 0.6 is 0 Å². The van der Waals surface area contributed by atoms with E-state index in [0.717, 1.165) is 18.3 Å². The van der Waals surface area contributed by atoms with Crippen LogP contribution < -0.4 is 0 Å². The highest BCUT2D eigenvalue weighted by atomic mass is 16.1. The Morgan fingerprint density at radius 3 is 1.78 bits per heavy atom. The van der Waals surface area contributed by atoms with Crippen LogP contribution in [-0.2, 0) is 6.42 Å². The number of aldehydes is 1. The summed E-state index contributed by atoms with van der Waals surface area (Å²) >= 11 is 0. The van der Waals surface area contributed by atoms with Gasteiger partial charge in [0.15, 0.2) is 0 Å². The van der Waals surface area contributed by atoms with Gasteiger partial charge in [-0.15, -0.1) is 0 Å². The largest absolute Gasteiger partial charge is 0.298 e. The zero-order chi connectivity index (χ0) is 16.6. The lowest BCUT2D eigenvalue weighted by Gasteiger charge is -2.04. The quantitative estimate of drug-likeness (QED) is 0.248. The molecule has 0 aliphatic carbocycles. The molecule has 1 aromatic rings. The number of carbonyl (C=O) groups is 1. The Labute approximate surface area is 143 Å². The molecule has 0 radical (unpaired) electrons. The molecule has 0 aliphatic heterocycles. The number of aryl methyl sites for hydroxylation is 1. The second kappa shape index (κ2) is 14.5. The zero-order valence-electron chi connectivity index (χ0n) is 15.2. The molecule has 23 heavy (non-hydrogen) atoms. The van der Waals surface area contributed by atoms with Crippen LogP contribution in [0.25, 0.3) is 0 Å². The van der Waals surface area contributed by atoms with Crippen molar-refractivity contribution in [2.24, 2.45) is 0 Å². The summed E-state index contributed by atoms with van der Waals surface area (Å²) in [7, 11) is 0. The Kier molecular flexibility index (Phi) is 12.6. The van der Waals surface area contributed by atoms with E-state index in [2.05, 4.69) is 13.0 Å². The van der Waals surface area contributed by atoms with Crippen molar-refractivity contribution in [3.8, 4) is 0 Å². The van der Waals surface area contributed by atoms with E-state index in [1.54, 1.807) is 0 Å². The van der Waals surface area contributed by atoms with E-state index in [1.165, 1.54) is 89.0 Å². The topological polar surface area (TPSA) is 17.1 Å². The molecule has 1 heteroatoms. The number of unbranched alkanes of at least 4 members (excludes halogenated alkanes) is 12. The second-order valence-corrected chi connectivity index (χ2v) is 6.86. The number of benzene rings is 1. The first kappa shape index (κ1) is 19.9. The maximum Gasteiger partial charge on any atom is 0.150 e. The van der Waals surface area contributed by atoms with Crippen molar-refractivity contribution >= 4 is 6.29 Å². The van der Waals surface area contributed by atoms with Gasteiger partial charge in [0.2, 0.25) is 0 Å². The lowest BCUT2D eigenvalue weighted by Crippen LogP contribution is -1.89. The van der Waals surface area contributed by atoms with E-state index in [1.807, 2.05) is 18.2 Å². The molecule has 0 aliphatic rings. The third-order valence-corrected chi connectivity index (χ3v) is 4.66. The molecule has 0 fully saturated rings. The monoisotopic (exact) mass is 316 g/mol. The fourth-order valence-electron chi connectivity index (χ4n) is 3.17. The molecule has 1 nitrogen and oxygen atoms in total. The highest BCUT2D eigenvalue weighted by molar-refractivity contribution is 5.74. The molecular formula is C22H36O. The normalized spacial score (nSPS) is 10.8. The fourth-order valence-corrected chi connectivity index (χ4v) is 3.17. The van der Waals surface area contributed by atoms with Gasteiger partial charge in [0, 0.05) is 5.56 Å². The third kappa shape index (κ3) is 11.1. The van der Waals surface area contributed by atoms with E-state index in [-0.39, 0.29) is 0 Å². The maximum atomic E-state index is 10.7. The standard InChI is InChI=1S/C22H36O/c1-2-3-4-5-6-7-8-9-10-11-12-13-14-16-21-17-15-18-22(19-21)20-23/h15,17-20H,2-14,16H2,1H3. The molecule has 0 saturated carbocycles. The van der Waals surface area contributed by atoms with Crippen LogP contribution in [0.15, 0.2) is 24.3 Å². The summed E-state index contributed by atoms with van der Waals surface area (Å²) in [5, 5.41) is 0. The van der Waals surface area contributed by atoms with E-state index in [4.69, 9.17) is 0 Å². The Morgan fingerprint density at radius 2 is 1.26 bits per heavy atom. The molecule has 0 unspecified atom stereocenters.